The zero-order valence-electron chi connectivity index (χ0n) is 12.3. The molecule has 1 spiro atoms. The van der Waals surface area contributed by atoms with Gasteiger partial charge in [-0.25, -0.2) is 0 Å². The monoisotopic (exact) mass is 363 g/mol. The summed E-state index contributed by atoms with van der Waals surface area (Å²) in [5, 5.41) is 3.67. The Kier molecular flexibility index (Phi) is 3.04. The van der Waals surface area contributed by atoms with E-state index < -0.39 is 11.0 Å². The van der Waals surface area contributed by atoms with E-state index >= 15 is 0 Å². The van der Waals surface area contributed by atoms with Crippen LogP contribution in [-0.4, -0.2) is 28.7 Å². The number of carbonyl (C=O) groups is 2. The van der Waals surface area contributed by atoms with Gasteiger partial charge in [-0.3, -0.25) is 9.59 Å². The molecule has 0 radical (unpaired) electrons. The molecule has 1 saturated heterocycles. The van der Waals surface area contributed by atoms with Gasteiger partial charge in [-0.2, -0.15) is 0 Å². The quantitative estimate of drug-likeness (QED) is 0.835. The van der Waals surface area contributed by atoms with E-state index in [1.807, 2.05) is 37.3 Å². The van der Waals surface area contributed by atoms with Gasteiger partial charge in [-0.1, -0.05) is 46.3 Å². The topological polar surface area (TPSA) is 55.4 Å². The van der Waals surface area contributed by atoms with Crippen LogP contribution in [0.25, 0.3) is 0 Å². The van der Waals surface area contributed by atoms with Gasteiger partial charge in [0, 0.05) is 5.33 Å². The Labute approximate surface area is 137 Å². The van der Waals surface area contributed by atoms with Crippen LogP contribution in [-0.2, 0) is 14.3 Å². The number of ether oxygens (including phenoxy) is 1. The van der Waals surface area contributed by atoms with Crippen molar-refractivity contribution in [1.82, 2.24) is 5.32 Å². The number of ketones is 1. The fraction of sp³-hybridized carbons (Fsp3) is 0.529. The minimum atomic E-state index is -0.833. The minimum absolute atomic E-state index is 0.0249. The Balaban J connectivity index is 1.54. The number of hydrogen-bond donors (Lipinski definition) is 1. The molecule has 5 heteroatoms. The third kappa shape index (κ3) is 1.51. The molecule has 1 aromatic rings. The highest BCUT2D eigenvalue weighted by molar-refractivity contribution is 9.09. The summed E-state index contributed by atoms with van der Waals surface area (Å²) in [6.07, 6.45) is 1.54. The number of fused-ring (bicyclic) bond motifs is 2. The van der Waals surface area contributed by atoms with Gasteiger partial charge in [0.1, 0.15) is 5.41 Å². The van der Waals surface area contributed by atoms with E-state index in [1.165, 1.54) is 0 Å². The van der Waals surface area contributed by atoms with E-state index in [9.17, 15) is 9.59 Å². The zero-order valence-corrected chi connectivity index (χ0v) is 13.9. The highest BCUT2D eigenvalue weighted by Crippen LogP contribution is 2.73. The van der Waals surface area contributed by atoms with Gasteiger partial charge >= 0.3 is 0 Å². The average Bonchev–Trinajstić information content (AvgIpc) is 3.11. The van der Waals surface area contributed by atoms with Crippen molar-refractivity contribution in [3.05, 3.63) is 35.9 Å². The second-order valence-electron chi connectivity index (χ2n) is 6.53. The summed E-state index contributed by atoms with van der Waals surface area (Å²) in [4.78, 5) is 25.1. The molecule has 1 heterocycles. The number of halogens is 1. The maximum atomic E-state index is 12.9. The molecular formula is C17H18BrNO3. The molecule has 4 nitrogen and oxygen atoms in total. The number of hydrogen-bond acceptors (Lipinski definition) is 3. The smallest absolute Gasteiger partial charge is 0.232 e. The van der Waals surface area contributed by atoms with E-state index in [4.69, 9.17) is 4.74 Å². The van der Waals surface area contributed by atoms with Crippen molar-refractivity contribution in [2.45, 2.75) is 37.5 Å². The molecule has 4 rings (SSSR count). The fourth-order valence-electron chi connectivity index (χ4n) is 4.18. The lowest BCUT2D eigenvalue weighted by molar-refractivity contribution is -0.306. The lowest BCUT2D eigenvalue weighted by Gasteiger charge is -2.62. The highest BCUT2D eigenvalue weighted by Gasteiger charge is 2.89. The molecule has 22 heavy (non-hydrogen) atoms. The van der Waals surface area contributed by atoms with Gasteiger partial charge in [0.2, 0.25) is 5.91 Å². The predicted octanol–water partition coefficient (Wildman–Crippen LogP) is 2.38. The van der Waals surface area contributed by atoms with Gasteiger partial charge in [0.25, 0.3) is 0 Å². The average molecular weight is 364 g/mol. The molecule has 1 amide bonds. The maximum Gasteiger partial charge on any atom is 0.232 e. The Morgan fingerprint density at radius 1 is 1.45 bits per heavy atom. The fourth-order valence-corrected chi connectivity index (χ4v) is 4.93. The van der Waals surface area contributed by atoms with Crippen molar-refractivity contribution in [2.24, 2.45) is 11.3 Å². The molecule has 1 aromatic carbocycles. The van der Waals surface area contributed by atoms with Crippen molar-refractivity contribution in [3.63, 3.8) is 0 Å². The van der Waals surface area contributed by atoms with Crippen molar-refractivity contribution < 1.29 is 14.3 Å². The molecule has 3 aliphatic rings. The van der Waals surface area contributed by atoms with Gasteiger partial charge < -0.3 is 10.1 Å². The summed E-state index contributed by atoms with van der Waals surface area (Å²) in [5.74, 6) is -0.104. The number of benzene rings is 1. The number of amides is 1. The van der Waals surface area contributed by atoms with E-state index in [0.717, 1.165) is 18.4 Å². The summed E-state index contributed by atoms with van der Waals surface area (Å²) in [7, 11) is 0. The lowest BCUT2D eigenvalue weighted by Crippen LogP contribution is -2.75. The number of carbonyl (C=O) groups excluding carboxylic acids is 2. The minimum Gasteiger partial charge on any atom is -0.361 e. The Morgan fingerprint density at radius 3 is 2.68 bits per heavy atom. The van der Waals surface area contributed by atoms with Crippen LogP contribution in [0.4, 0.5) is 0 Å². The Hall–Kier alpha value is -1.20. The molecule has 3 fully saturated rings. The first kappa shape index (κ1) is 14.4. The number of Topliss-reactive ketones (excluding diaryl/α,β-unsaturated/α-hetero) is 1. The van der Waals surface area contributed by atoms with Crippen molar-refractivity contribution in [1.29, 1.82) is 0 Å². The van der Waals surface area contributed by atoms with Crippen molar-refractivity contribution >= 4 is 27.6 Å². The van der Waals surface area contributed by atoms with E-state index in [1.54, 1.807) is 0 Å². The zero-order chi connectivity index (χ0) is 15.5. The maximum absolute atomic E-state index is 12.9. The third-order valence-corrected chi connectivity index (χ3v) is 6.29. The van der Waals surface area contributed by atoms with Gasteiger partial charge in [-0.15, -0.1) is 0 Å². The van der Waals surface area contributed by atoms with Crippen LogP contribution in [0.5, 0.6) is 0 Å². The normalized spacial score (nSPS) is 39.5. The first-order chi connectivity index (χ1) is 10.6. The second-order valence-corrected chi connectivity index (χ2v) is 7.18. The molecule has 116 valence electrons. The molecule has 2 aliphatic carbocycles. The first-order valence-electron chi connectivity index (χ1n) is 7.72. The number of rotatable bonds is 4. The van der Waals surface area contributed by atoms with E-state index in [0.29, 0.717) is 5.33 Å². The Morgan fingerprint density at radius 2 is 2.18 bits per heavy atom. The summed E-state index contributed by atoms with van der Waals surface area (Å²) >= 11 is 3.37. The molecule has 4 unspecified atom stereocenters. The number of nitrogens with one attached hydrogen (secondary N) is 1. The van der Waals surface area contributed by atoms with Crippen LogP contribution >= 0.6 is 15.9 Å². The summed E-state index contributed by atoms with van der Waals surface area (Å²) in [6.45, 7) is 1.97. The molecule has 0 aromatic heterocycles. The first-order valence-corrected chi connectivity index (χ1v) is 8.84. The predicted molar refractivity (Wildman–Crippen MR) is 84.6 cm³/mol. The van der Waals surface area contributed by atoms with Gasteiger partial charge in [0.05, 0.1) is 18.1 Å². The van der Waals surface area contributed by atoms with Crippen LogP contribution in [0.2, 0.25) is 0 Å². The van der Waals surface area contributed by atoms with Crippen LogP contribution in [0.15, 0.2) is 30.3 Å². The van der Waals surface area contributed by atoms with Crippen LogP contribution in [0, 0.1) is 11.3 Å². The van der Waals surface area contributed by atoms with Gasteiger partial charge in [0.15, 0.2) is 11.4 Å². The molecule has 1 N–H and O–H groups in total. The third-order valence-electron chi connectivity index (χ3n) is 5.64. The van der Waals surface area contributed by atoms with Crippen LogP contribution in [0.1, 0.15) is 31.4 Å². The van der Waals surface area contributed by atoms with Crippen LogP contribution in [0.3, 0.4) is 0 Å². The SMILES string of the molecule is C[C@@H](NC(=O)C12CCC1OC21C(=O)C1CBr)c1ccccc1. The molecule has 5 atom stereocenters. The van der Waals surface area contributed by atoms with Crippen molar-refractivity contribution in [3.8, 4) is 0 Å². The Bertz CT molecular complexity index is 649. The largest absolute Gasteiger partial charge is 0.361 e. The molecule has 1 aliphatic heterocycles. The van der Waals surface area contributed by atoms with E-state index in [-0.39, 0.29) is 29.8 Å². The standard InChI is InChI=1S/C17H18BrNO3/c1-10(11-5-3-2-4-6-11)19-15(21)16-8-7-13(16)22-17(16)12(9-18)14(17)20/h2-6,10,12-13H,7-9H2,1H3,(H,19,21)/t10-,12?,13?,16?,17?/m1/s1. The summed E-state index contributed by atoms with van der Waals surface area (Å²) in [6, 6.07) is 9.80. The second kappa shape index (κ2) is 4.65. The number of alkyl halides is 1. The summed E-state index contributed by atoms with van der Waals surface area (Å²) in [5.41, 5.74) is -0.387. The van der Waals surface area contributed by atoms with Crippen molar-refractivity contribution in [2.75, 3.05) is 5.33 Å². The summed E-state index contributed by atoms with van der Waals surface area (Å²) < 4.78 is 5.82. The lowest BCUT2D eigenvalue weighted by atomic mass is 9.55. The molecule has 2 saturated carbocycles. The van der Waals surface area contributed by atoms with E-state index in [2.05, 4.69) is 21.2 Å². The molecular weight excluding hydrogens is 346 g/mol. The molecule has 0 bridgehead atoms. The van der Waals surface area contributed by atoms with Gasteiger partial charge in [-0.05, 0) is 25.3 Å². The highest BCUT2D eigenvalue weighted by atomic mass is 79.9. The van der Waals surface area contributed by atoms with Crippen LogP contribution < -0.4 is 5.32 Å².